The van der Waals surface area contributed by atoms with Crippen LogP contribution >= 0.6 is 7.14 Å². The van der Waals surface area contributed by atoms with Gasteiger partial charge in [0.1, 0.15) is 5.30 Å². The topological polar surface area (TPSA) is 199 Å². The minimum absolute atomic E-state index is 0.171. The molecule has 0 heterocycles. The number of rotatable bonds is 3. The number of phenolic OH excluding ortho intramolecular Hbond substituents is 9. The van der Waals surface area contributed by atoms with E-state index in [1.807, 2.05) is 0 Å². The summed E-state index contributed by atoms with van der Waals surface area (Å²) in [5, 5.41) is 87.7. The Morgan fingerprint density at radius 1 is 0.552 bits per heavy atom. The summed E-state index contributed by atoms with van der Waals surface area (Å²) < 4.78 is 14.2. The third-order valence-corrected chi connectivity index (χ3v) is 7.43. The Hall–Kier alpha value is -3.91. The van der Waals surface area contributed by atoms with E-state index in [4.69, 9.17) is 0 Å². The highest BCUT2D eigenvalue weighted by Crippen LogP contribution is 2.58. The van der Waals surface area contributed by atoms with Gasteiger partial charge < -0.3 is 50.5 Å². The van der Waals surface area contributed by atoms with Crippen molar-refractivity contribution in [3.63, 3.8) is 0 Å². The molecule has 0 aromatic heterocycles. The van der Waals surface area contributed by atoms with Crippen molar-refractivity contribution >= 4 is 23.1 Å². The first-order valence-corrected chi connectivity index (χ1v) is 9.56. The molecule has 3 aromatic carbocycles. The lowest BCUT2D eigenvalue weighted by atomic mass is 10.2. The van der Waals surface area contributed by atoms with Gasteiger partial charge in [-0.25, -0.2) is 0 Å². The lowest BCUT2D eigenvalue weighted by molar-refractivity contribution is 0.331. The second-order valence-electron chi connectivity index (χ2n) is 6.00. The first-order chi connectivity index (χ1) is 13.5. The smallest absolute Gasteiger partial charge is 0.208 e. The van der Waals surface area contributed by atoms with Crippen LogP contribution in [0.25, 0.3) is 0 Å². The minimum atomic E-state index is -4.65. The van der Waals surface area contributed by atoms with Gasteiger partial charge >= 0.3 is 0 Å². The van der Waals surface area contributed by atoms with Crippen LogP contribution in [0.2, 0.25) is 0 Å². The predicted octanol–water partition coefficient (Wildman–Crippen LogP) is 0.676. The zero-order valence-electron chi connectivity index (χ0n) is 14.3. The van der Waals surface area contributed by atoms with E-state index in [1.165, 1.54) is 30.3 Å². The molecule has 9 N–H and O–H groups in total. The van der Waals surface area contributed by atoms with Crippen LogP contribution in [0.1, 0.15) is 0 Å². The lowest BCUT2D eigenvalue weighted by Crippen LogP contribution is -2.26. The molecule has 11 heteroatoms. The fourth-order valence-electron chi connectivity index (χ4n) is 2.86. The second-order valence-corrected chi connectivity index (χ2v) is 8.66. The third-order valence-electron chi connectivity index (χ3n) is 4.33. The highest BCUT2D eigenvalue weighted by molar-refractivity contribution is 7.85. The maximum absolute atomic E-state index is 14.2. The zero-order valence-corrected chi connectivity index (χ0v) is 15.2. The van der Waals surface area contributed by atoms with Crippen molar-refractivity contribution in [2.45, 2.75) is 0 Å². The van der Waals surface area contributed by atoms with E-state index in [0.717, 1.165) is 0 Å². The van der Waals surface area contributed by atoms with Crippen molar-refractivity contribution < 1.29 is 50.5 Å². The van der Waals surface area contributed by atoms with Crippen LogP contribution in [0, 0.1) is 0 Å². The summed E-state index contributed by atoms with van der Waals surface area (Å²) in [6, 6.07) is 7.48. The Labute approximate surface area is 162 Å². The molecule has 0 spiro atoms. The molecule has 152 valence electrons. The van der Waals surface area contributed by atoms with E-state index in [1.54, 1.807) is 0 Å². The number of aromatic hydroxyl groups is 9. The Morgan fingerprint density at radius 3 is 1.52 bits per heavy atom. The Balaban J connectivity index is 2.56. The quantitative estimate of drug-likeness (QED) is 0.164. The first kappa shape index (κ1) is 19.8. The van der Waals surface area contributed by atoms with Gasteiger partial charge in [-0.15, -0.1) is 0 Å². The molecule has 0 bridgehead atoms. The molecule has 0 saturated heterocycles. The van der Waals surface area contributed by atoms with Crippen LogP contribution < -0.4 is 15.9 Å². The maximum atomic E-state index is 14.2. The Morgan fingerprint density at radius 2 is 1.00 bits per heavy atom. The number of benzene rings is 3. The van der Waals surface area contributed by atoms with E-state index in [9.17, 15) is 50.5 Å². The molecule has 0 fully saturated rings. The van der Waals surface area contributed by atoms with Crippen molar-refractivity contribution in [3.8, 4) is 51.7 Å². The van der Waals surface area contributed by atoms with E-state index in [2.05, 4.69) is 0 Å². The van der Waals surface area contributed by atoms with E-state index >= 15 is 0 Å². The van der Waals surface area contributed by atoms with Gasteiger partial charge in [-0.3, -0.25) is 0 Å². The molecule has 0 aliphatic carbocycles. The highest BCUT2D eigenvalue weighted by atomic mass is 31.2. The summed E-state index contributed by atoms with van der Waals surface area (Å²) in [7, 11) is -4.65. The van der Waals surface area contributed by atoms with Gasteiger partial charge in [0.05, 0.1) is 5.30 Å². The Kier molecular flexibility index (Phi) is 4.52. The van der Waals surface area contributed by atoms with E-state index in [0.29, 0.717) is 6.07 Å². The van der Waals surface area contributed by atoms with Gasteiger partial charge in [0.2, 0.25) is 28.7 Å². The molecule has 0 saturated carbocycles. The van der Waals surface area contributed by atoms with E-state index < -0.39 is 69.5 Å². The summed E-state index contributed by atoms with van der Waals surface area (Å²) in [5.74, 6) is -11.0. The van der Waals surface area contributed by atoms with E-state index in [-0.39, 0.29) is 5.30 Å². The highest BCUT2D eigenvalue weighted by Gasteiger charge is 2.42. The van der Waals surface area contributed by atoms with Crippen LogP contribution in [0.4, 0.5) is 0 Å². The van der Waals surface area contributed by atoms with Crippen molar-refractivity contribution in [2.24, 2.45) is 0 Å². The molecular formula is C18H15O10P. The van der Waals surface area contributed by atoms with Gasteiger partial charge in [-0.2, -0.15) is 0 Å². The second kappa shape index (κ2) is 6.61. The molecule has 3 rings (SSSR count). The van der Waals surface area contributed by atoms with Gasteiger partial charge in [-0.05, 0) is 6.07 Å². The molecule has 0 aliphatic rings. The summed E-state index contributed by atoms with van der Waals surface area (Å²) in [4.78, 5) is 0. The van der Waals surface area contributed by atoms with Crippen molar-refractivity contribution in [2.75, 3.05) is 0 Å². The van der Waals surface area contributed by atoms with Gasteiger partial charge in [-0.1, -0.05) is 30.3 Å². The van der Waals surface area contributed by atoms with Gasteiger partial charge in [0.15, 0.2) is 30.1 Å². The summed E-state index contributed by atoms with van der Waals surface area (Å²) in [6.07, 6.45) is 0. The normalized spacial score (nSPS) is 13.1. The minimum Gasteiger partial charge on any atom is -0.504 e. The maximum Gasteiger partial charge on any atom is 0.208 e. The SMILES string of the molecule is O=P(c1ccccc1)(c1cc(O)c(O)c(O)c1O)c1c(O)c(O)c(O)c(O)c1O. The molecular weight excluding hydrogens is 407 g/mol. The summed E-state index contributed by atoms with van der Waals surface area (Å²) in [6.45, 7) is 0. The number of phenols is 9. The van der Waals surface area contributed by atoms with Crippen LogP contribution in [0.5, 0.6) is 51.7 Å². The molecule has 1 unspecified atom stereocenters. The first-order valence-electron chi connectivity index (χ1n) is 7.85. The van der Waals surface area contributed by atoms with Gasteiger partial charge in [0.25, 0.3) is 0 Å². The van der Waals surface area contributed by atoms with Gasteiger partial charge in [0, 0.05) is 5.30 Å². The summed E-state index contributed by atoms with van der Waals surface area (Å²) >= 11 is 0. The van der Waals surface area contributed by atoms with Crippen LogP contribution in [-0.2, 0) is 4.57 Å². The molecule has 3 aromatic rings. The predicted molar refractivity (Wildman–Crippen MR) is 101 cm³/mol. The molecule has 0 amide bonds. The zero-order chi connectivity index (χ0) is 21.7. The average Bonchev–Trinajstić information content (AvgIpc) is 2.72. The van der Waals surface area contributed by atoms with Crippen molar-refractivity contribution in [3.05, 3.63) is 36.4 Å². The largest absolute Gasteiger partial charge is 0.504 e. The molecule has 0 aliphatic heterocycles. The molecule has 10 nitrogen and oxygen atoms in total. The lowest BCUT2D eigenvalue weighted by Gasteiger charge is -2.24. The molecule has 29 heavy (non-hydrogen) atoms. The monoisotopic (exact) mass is 422 g/mol. The molecule has 0 radical (unpaired) electrons. The number of hydrogen-bond acceptors (Lipinski definition) is 10. The van der Waals surface area contributed by atoms with Crippen LogP contribution in [-0.4, -0.2) is 46.0 Å². The van der Waals surface area contributed by atoms with Crippen molar-refractivity contribution in [1.82, 2.24) is 0 Å². The van der Waals surface area contributed by atoms with Crippen molar-refractivity contribution in [1.29, 1.82) is 0 Å². The summed E-state index contributed by atoms with van der Waals surface area (Å²) in [5.41, 5.74) is 0. The fraction of sp³-hybridized carbons (Fsp3) is 0. The average molecular weight is 422 g/mol. The Bertz CT molecular complexity index is 1140. The fourth-order valence-corrected chi connectivity index (χ4v) is 5.74. The van der Waals surface area contributed by atoms with Crippen LogP contribution in [0.15, 0.2) is 36.4 Å². The standard InChI is InChI=1S/C18H15O10P/c19-8-6-9(11(21)12(22)10(8)20)29(28,7-4-2-1-3-5-7)18-16(26)14(24)13(23)15(25)17(18)27/h1-6,19-27H. The number of hydrogen-bond donors (Lipinski definition) is 9. The van der Waals surface area contributed by atoms with Crippen LogP contribution in [0.3, 0.4) is 0 Å². The third kappa shape index (κ3) is 2.69. The molecule has 1 atom stereocenters.